The molecule has 1 fully saturated rings. The predicted octanol–water partition coefficient (Wildman–Crippen LogP) is 1.86. The van der Waals surface area contributed by atoms with Crippen LogP contribution >= 0.6 is 12.4 Å². The van der Waals surface area contributed by atoms with Gasteiger partial charge in [-0.05, 0) is 11.5 Å². The van der Waals surface area contributed by atoms with E-state index in [2.05, 4.69) is 5.32 Å². The Morgan fingerprint density at radius 2 is 1.60 bits per heavy atom. The summed E-state index contributed by atoms with van der Waals surface area (Å²) in [6, 6.07) is 13.0. The molecule has 0 amide bonds. The van der Waals surface area contributed by atoms with Crippen LogP contribution in [0.2, 0.25) is 0 Å². The molecule has 0 saturated carbocycles. The van der Waals surface area contributed by atoms with Gasteiger partial charge in [-0.1, -0.05) is 36.4 Å². The molecule has 2 aromatic rings. The van der Waals surface area contributed by atoms with E-state index in [1.165, 1.54) is 0 Å². The Balaban J connectivity index is 0.00000147. The highest BCUT2D eigenvalue weighted by Gasteiger charge is 2.27. The molecule has 3 rings (SSSR count). The number of nitrogens with one attached hydrogen (secondary N) is 1. The van der Waals surface area contributed by atoms with Gasteiger partial charge < -0.3 is 5.32 Å². The Morgan fingerprint density at radius 3 is 2.35 bits per heavy atom. The molecule has 0 spiro atoms. The molecule has 0 aromatic heterocycles. The van der Waals surface area contributed by atoms with E-state index in [0.29, 0.717) is 31.1 Å². The van der Waals surface area contributed by atoms with Gasteiger partial charge in [-0.15, -0.1) is 12.4 Å². The van der Waals surface area contributed by atoms with Crippen LogP contribution in [0.15, 0.2) is 47.4 Å². The molecule has 0 unspecified atom stereocenters. The van der Waals surface area contributed by atoms with Crippen molar-refractivity contribution in [3.05, 3.63) is 42.5 Å². The summed E-state index contributed by atoms with van der Waals surface area (Å²) in [5.41, 5.74) is 0. The normalized spacial score (nSPS) is 16.8. The minimum absolute atomic E-state index is 0. The summed E-state index contributed by atoms with van der Waals surface area (Å²) in [4.78, 5) is 0.410. The Kier molecular flexibility index (Phi) is 4.65. The van der Waals surface area contributed by atoms with Crippen LogP contribution in [0.1, 0.15) is 0 Å². The Labute approximate surface area is 125 Å². The zero-order valence-electron chi connectivity index (χ0n) is 11.0. The molecule has 1 aliphatic rings. The third kappa shape index (κ3) is 2.67. The number of rotatable bonds is 2. The summed E-state index contributed by atoms with van der Waals surface area (Å²) in [6.45, 7) is 2.49. The molecule has 1 aliphatic heterocycles. The molecule has 0 aliphatic carbocycles. The highest BCUT2D eigenvalue weighted by Crippen LogP contribution is 2.25. The highest BCUT2D eigenvalue weighted by molar-refractivity contribution is 7.89. The van der Waals surface area contributed by atoms with Crippen LogP contribution in [0.5, 0.6) is 0 Å². The van der Waals surface area contributed by atoms with Crippen LogP contribution < -0.4 is 5.32 Å². The van der Waals surface area contributed by atoms with Crippen LogP contribution in [0.25, 0.3) is 10.8 Å². The van der Waals surface area contributed by atoms with Crippen molar-refractivity contribution in [3.8, 4) is 0 Å². The van der Waals surface area contributed by atoms with Crippen LogP contribution in [-0.4, -0.2) is 38.9 Å². The molecule has 1 N–H and O–H groups in total. The lowest BCUT2D eigenvalue weighted by Crippen LogP contribution is -2.46. The van der Waals surface area contributed by atoms with Crippen molar-refractivity contribution in [1.82, 2.24) is 9.62 Å². The van der Waals surface area contributed by atoms with E-state index in [1.54, 1.807) is 16.4 Å². The summed E-state index contributed by atoms with van der Waals surface area (Å²) in [6.07, 6.45) is 0. The smallest absolute Gasteiger partial charge is 0.243 e. The number of hydrogen-bond donors (Lipinski definition) is 1. The lowest BCUT2D eigenvalue weighted by atomic mass is 10.1. The van der Waals surface area contributed by atoms with Gasteiger partial charge in [0.1, 0.15) is 0 Å². The van der Waals surface area contributed by atoms with Crippen LogP contribution in [-0.2, 0) is 10.0 Å². The number of hydrogen-bond acceptors (Lipinski definition) is 3. The summed E-state index contributed by atoms with van der Waals surface area (Å²) in [5.74, 6) is 0. The molecule has 0 atom stereocenters. The first kappa shape index (κ1) is 15.3. The van der Waals surface area contributed by atoms with Gasteiger partial charge in [0.25, 0.3) is 0 Å². The average molecular weight is 313 g/mol. The second kappa shape index (κ2) is 6.10. The molecule has 0 radical (unpaired) electrons. The monoisotopic (exact) mass is 312 g/mol. The quantitative estimate of drug-likeness (QED) is 0.921. The van der Waals surface area contributed by atoms with Crippen molar-refractivity contribution in [2.24, 2.45) is 0 Å². The predicted molar refractivity (Wildman–Crippen MR) is 82.8 cm³/mol. The molecular formula is C14H17ClN2O2S. The highest BCUT2D eigenvalue weighted by atomic mass is 35.5. The summed E-state index contributed by atoms with van der Waals surface area (Å²) >= 11 is 0. The van der Waals surface area contributed by atoms with E-state index < -0.39 is 10.0 Å². The lowest BCUT2D eigenvalue weighted by Gasteiger charge is -2.27. The first-order valence-corrected chi connectivity index (χ1v) is 7.82. The summed E-state index contributed by atoms with van der Waals surface area (Å²) < 4.78 is 27.0. The van der Waals surface area contributed by atoms with Gasteiger partial charge in [0.05, 0.1) is 4.90 Å². The first-order valence-electron chi connectivity index (χ1n) is 6.38. The van der Waals surface area contributed by atoms with Gasteiger partial charge in [0.2, 0.25) is 10.0 Å². The van der Waals surface area contributed by atoms with Crippen molar-refractivity contribution >= 4 is 33.2 Å². The van der Waals surface area contributed by atoms with Crippen LogP contribution in [0.3, 0.4) is 0 Å². The minimum Gasteiger partial charge on any atom is -0.314 e. The third-order valence-electron chi connectivity index (χ3n) is 3.44. The molecule has 2 aromatic carbocycles. The first-order chi connectivity index (χ1) is 9.19. The van der Waals surface area contributed by atoms with E-state index in [1.807, 2.05) is 30.3 Å². The van der Waals surface area contributed by atoms with Gasteiger partial charge in [-0.25, -0.2) is 8.42 Å². The largest absolute Gasteiger partial charge is 0.314 e. The van der Waals surface area contributed by atoms with E-state index >= 15 is 0 Å². The Hall–Kier alpha value is -1.14. The Bertz CT molecular complexity index is 692. The Morgan fingerprint density at radius 1 is 0.950 bits per heavy atom. The molecular weight excluding hydrogens is 296 g/mol. The molecule has 0 bridgehead atoms. The molecule has 108 valence electrons. The fourth-order valence-electron chi connectivity index (χ4n) is 2.44. The number of fused-ring (bicyclic) bond motifs is 1. The third-order valence-corrected chi connectivity index (χ3v) is 5.40. The second-order valence-corrected chi connectivity index (χ2v) is 6.54. The van der Waals surface area contributed by atoms with E-state index in [0.717, 1.165) is 10.8 Å². The van der Waals surface area contributed by atoms with Crippen molar-refractivity contribution in [1.29, 1.82) is 0 Å². The van der Waals surface area contributed by atoms with Crippen LogP contribution in [0, 0.1) is 0 Å². The molecule has 4 nitrogen and oxygen atoms in total. The SMILES string of the molecule is Cl.O=S(=O)(c1cccc2ccccc12)N1CCNCC1. The topological polar surface area (TPSA) is 49.4 Å². The van der Waals surface area contributed by atoms with E-state index in [9.17, 15) is 8.42 Å². The lowest BCUT2D eigenvalue weighted by molar-refractivity contribution is 0.360. The van der Waals surface area contributed by atoms with E-state index in [-0.39, 0.29) is 12.4 Å². The fraction of sp³-hybridized carbons (Fsp3) is 0.286. The fourth-order valence-corrected chi connectivity index (χ4v) is 4.10. The number of nitrogens with zero attached hydrogens (tertiary/aromatic N) is 1. The number of piperazine rings is 1. The van der Waals surface area contributed by atoms with Crippen molar-refractivity contribution in [2.75, 3.05) is 26.2 Å². The summed E-state index contributed by atoms with van der Waals surface area (Å²) in [7, 11) is -3.40. The average Bonchev–Trinajstić information content (AvgIpc) is 2.47. The zero-order chi connectivity index (χ0) is 13.3. The number of sulfonamides is 1. The number of benzene rings is 2. The van der Waals surface area contributed by atoms with E-state index in [4.69, 9.17) is 0 Å². The number of halogens is 1. The molecule has 6 heteroatoms. The molecule has 20 heavy (non-hydrogen) atoms. The minimum atomic E-state index is -3.40. The molecule has 1 saturated heterocycles. The van der Waals surface area contributed by atoms with Gasteiger partial charge in [0.15, 0.2) is 0 Å². The van der Waals surface area contributed by atoms with Crippen molar-refractivity contribution in [2.45, 2.75) is 4.90 Å². The van der Waals surface area contributed by atoms with Crippen LogP contribution in [0.4, 0.5) is 0 Å². The second-order valence-electron chi connectivity index (χ2n) is 4.63. The molecule has 1 heterocycles. The van der Waals surface area contributed by atoms with Gasteiger partial charge >= 0.3 is 0 Å². The standard InChI is InChI=1S/C14H16N2O2S.ClH/c17-19(18,16-10-8-15-9-11-16)14-7-3-5-12-4-1-2-6-13(12)14;/h1-7,15H,8-11H2;1H. The van der Waals surface area contributed by atoms with Crippen molar-refractivity contribution in [3.63, 3.8) is 0 Å². The van der Waals surface area contributed by atoms with Gasteiger partial charge in [-0.3, -0.25) is 0 Å². The zero-order valence-corrected chi connectivity index (χ0v) is 12.6. The van der Waals surface area contributed by atoms with Crippen molar-refractivity contribution < 1.29 is 8.42 Å². The maximum absolute atomic E-state index is 12.7. The summed E-state index contributed by atoms with van der Waals surface area (Å²) in [5, 5.41) is 4.92. The van der Waals surface area contributed by atoms with Gasteiger partial charge in [-0.2, -0.15) is 4.31 Å². The maximum atomic E-state index is 12.7. The maximum Gasteiger partial charge on any atom is 0.243 e. The van der Waals surface area contributed by atoms with Gasteiger partial charge in [0, 0.05) is 31.6 Å².